The van der Waals surface area contributed by atoms with Gasteiger partial charge < -0.3 is 9.47 Å². The van der Waals surface area contributed by atoms with Crippen LogP contribution in [0.25, 0.3) is 0 Å². The standard InChI is InChI=1S/C16H23F3N4O/c1-12(24)23-8-3-5-14(23)13-4-2-7-21(13)10-15-20-6-9-22(15)11-16(17,18)19/h6,9,13-14H,2-5,7-8,10-11H2,1H3/t13-,14+/m1/s1. The lowest BCUT2D eigenvalue weighted by Gasteiger charge is -2.34. The average molecular weight is 344 g/mol. The third-order valence-corrected chi connectivity index (χ3v) is 5.06. The van der Waals surface area contributed by atoms with Gasteiger partial charge in [-0.1, -0.05) is 0 Å². The summed E-state index contributed by atoms with van der Waals surface area (Å²) < 4.78 is 39.2. The van der Waals surface area contributed by atoms with Gasteiger partial charge in [0.1, 0.15) is 12.4 Å². The van der Waals surface area contributed by atoms with Crippen LogP contribution in [-0.2, 0) is 17.9 Å². The van der Waals surface area contributed by atoms with Gasteiger partial charge in [0.25, 0.3) is 0 Å². The van der Waals surface area contributed by atoms with E-state index < -0.39 is 12.7 Å². The molecule has 1 aromatic heterocycles. The Hall–Kier alpha value is -1.57. The molecule has 3 heterocycles. The Bertz CT molecular complexity index is 586. The Morgan fingerprint density at radius 1 is 1.25 bits per heavy atom. The summed E-state index contributed by atoms with van der Waals surface area (Å²) in [5, 5.41) is 0. The van der Waals surface area contributed by atoms with E-state index in [1.165, 1.54) is 17.0 Å². The molecule has 8 heteroatoms. The van der Waals surface area contributed by atoms with E-state index in [1.807, 2.05) is 4.90 Å². The molecular weight excluding hydrogens is 321 g/mol. The SMILES string of the molecule is CC(=O)N1CCC[C@H]1[C@H]1CCCN1Cc1nccn1CC(F)(F)F. The number of carbonyl (C=O) groups is 1. The highest BCUT2D eigenvalue weighted by Gasteiger charge is 2.39. The number of carbonyl (C=O) groups excluding carboxylic acids is 1. The van der Waals surface area contributed by atoms with Crippen LogP contribution in [0.4, 0.5) is 13.2 Å². The van der Waals surface area contributed by atoms with Crippen LogP contribution < -0.4 is 0 Å². The average Bonchev–Trinajstić information content (AvgIpc) is 3.18. The smallest absolute Gasteiger partial charge is 0.338 e. The van der Waals surface area contributed by atoms with E-state index in [4.69, 9.17) is 0 Å². The molecule has 3 rings (SSSR count). The molecule has 134 valence electrons. The zero-order valence-corrected chi connectivity index (χ0v) is 13.8. The van der Waals surface area contributed by atoms with Crippen molar-refractivity contribution < 1.29 is 18.0 Å². The van der Waals surface area contributed by atoms with Gasteiger partial charge in [0.15, 0.2) is 0 Å². The lowest BCUT2D eigenvalue weighted by Crippen LogP contribution is -2.47. The molecule has 24 heavy (non-hydrogen) atoms. The van der Waals surface area contributed by atoms with E-state index in [1.54, 1.807) is 6.92 Å². The number of imidazole rings is 1. The van der Waals surface area contributed by atoms with Crippen molar-refractivity contribution in [1.82, 2.24) is 19.4 Å². The lowest BCUT2D eigenvalue weighted by atomic mass is 10.0. The van der Waals surface area contributed by atoms with Crippen LogP contribution in [0.5, 0.6) is 0 Å². The fourth-order valence-electron chi connectivity index (χ4n) is 4.08. The van der Waals surface area contributed by atoms with E-state index in [9.17, 15) is 18.0 Å². The molecule has 0 aromatic carbocycles. The minimum Gasteiger partial charge on any atom is -0.338 e. The summed E-state index contributed by atoms with van der Waals surface area (Å²) in [5.74, 6) is 0.523. The maximum Gasteiger partial charge on any atom is 0.406 e. The minimum atomic E-state index is -4.25. The molecule has 0 saturated carbocycles. The number of nitrogens with zero attached hydrogens (tertiary/aromatic N) is 4. The Kier molecular flexibility index (Phi) is 4.85. The zero-order chi connectivity index (χ0) is 17.3. The van der Waals surface area contributed by atoms with Crippen molar-refractivity contribution in [1.29, 1.82) is 0 Å². The summed E-state index contributed by atoms with van der Waals surface area (Å²) in [6, 6.07) is 0.392. The van der Waals surface area contributed by atoms with Crippen molar-refractivity contribution in [3.63, 3.8) is 0 Å². The number of rotatable bonds is 4. The van der Waals surface area contributed by atoms with E-state index in [0.29, 0.717) is 12.4 Å². The van der Waals surface area contributed by atoms with E-state index in [-0.39, 0.29) is 18.0 Å². The summed E-state index contributed by atoms with van der Waals surface area (Å²) in [5.41, 5.74) is 0. The fraction of sp³-hybridized carbons (Fsp3) is 0.750. The van der Waals surface area contributed by atoms with Crippen molar-refractivity contribution in [3.05, 3.63) is 18.2 Å². The van der Waals surface area contributed by atoms with Gasteiger partial charge in [0, 0.05) is 37.9 Å². The second-order valence-electron chi connectivity index (χ2n) is 6.69. The third-order valence-electron chi connectivity index (χ3n) is 5.06. The van der Waals surface area contributed by atoms with Crippen molar-refractivity contribution in [2.24, 2.45) is 0 Å². The molecule has 0 bridgehead atoms. The van der Waals surface area contributed by atoms with Gasteiger partial charge in [-0.05, 0) is 32.2 Å². The molecule has 2 fully saturated rings. The highest BCUT2D eigenvalue weighted by Crippen LogP contribution is 2.31. The Morgan fingerprint density at radius 2 is 1.96 bits per heavy atom. The van der Waals surface area contributed by atoms with Crippen molar-refractivity contribution in [2.45, 2.75) is 64.0 Å². The zero-order valence-electron chi connectivity index (χ0n) is 13.8. The van der Waals surface area contributed by atoms with Gasteiger partial charge in [0.2, 0.25) is 5.91 Å². The number of aromatic nitrogens is 2. The summed E-state index contributed by atoms with van der Waals surface area (Å²) in [6.07, 6.45) is 2.50. The molecular formula is C16H23F3N4O. The summed E-state index contributed by atoms with van der Waals surface area (Å²) in [4.78, 5) is 20.1. The topological polar surface area (TPSA) is 41.4 Å². The van der Waals surface area contributed by atoms with Crippen molar-refractivity contribution >= 4 is 5.91 Å². The van der Waals surface area contributed by atoms with Crippen LogP contribution in [0.1, 0.15) is 38.4 Å². The van der Waals surface area contributed by atoms with Gasteiger partial charge in [-0.25, -0.2) is 4.98 Å². The number of alkyl halides is 3. The predicted molar refractivity (Wildman–Crippen MR) is 82.1 cm³/mol. The number of hydrogen-bond acceptors (Lipinski definition) is 3. The summed E-state index contributed by atoms with van der Waals surface area (Å²) in [6.45, 7) is 2.60. The molecule has 0 radical (unpaired) electrons. The molecule has 1 amide bonds. The second-order valence-corrected chi connectivity index (χ2v) is 6.69. The normalized spacial score (nSPS) is 25.6. The van der Waals surface area contributed by atoms with Crippen molar-refractivity contribution in [2.75, 3.05) is 13.1 Å². The molecule has 2 aliphatic heterocycles. The third kappa shape index (κ3) is 3.74. The number of halogens is 3. The first-order chi connectivity index (χ1) is 11.3. The van der Waals surface area contributed by atoms with Crippen LogP contribution >= 0.6 is 0 Å². The molecule has 2 aliphatic rings. The minimum absolute atomic E-state index is 0.0860. The summed E-state index contributed by atoms with van der Waals surface area (Å²) >= 11 is 0. The quantitative estimate of drug-likeness (QED) is 0.842. The van der Waals surface area contributed by atoms with E-state index in [2.05, 4.69) is 9.88 Å². The monoisotopic (exact) mass is 344 g/mol. The second kappa shape index (κ2) is 6.74. The molecule has 0 unspecified atom stereocenters. The molecule has 2 atom stereocenters. The van der Waals surface area contributed by atoms with Crippen LogP contribution in [0, 0.1) is 0 Å². The largest absolute Gasteiger partial charge is 0.406 e. The van der Waals surface area contributed by atoms with Crippen molar-refractivity contribution in [3.8, 4) is 0 Å². The molecule has 0 spiro atoms. The van der Waals surface area contributed by atoms with Gasteiger partial charge in [-0.3, -0.25) is 9.69 Å². The molecule has 0 aliphatic carbocycles. The van der Waals surface area contributed by atoms with Gasteiger partial charge in [-0.2, -0.15) is 13.2 Å². The first-order valence-electron chi connectivity index (χ1n) is 8.43. The maximum atomic E-state index is 12.7. The highest BCUT2D eigenvalue weighted by atomic mass is 19.4. The van der Waals surface area contributed by atoms with Gasteiger partial charge in [0.05, 0.1) is 6.54 Å². The van der Waals surface area contributed by atoms with Crippen LogP contribution in [0.15, 0.2) is 12.4 Å². The van der Waals surface area contributed by atoms with Gasteiger partial charge >= 0.3 is 6.18 Å². The molecule has 2 saturated heterocycles. The fourth-order valence-corrected chi connectivity index (χ4v) is 4.08. The number of hydrogen-bond donors (Lipinski definition) is 0. The number of likely N-dealkylation sites (tertiary alicyclic amines) is 2. The summed E-state index contributed by atoms with van der Waals surface area (Å²) in [7, 11) is 0. The van der Waals surface area contributed by atoms with E-state index >= 15 is 0 Å². The maximum absolute atomic E-state index is 12.7. The lowest BCUT2D eigenvalue weighted by molar-refractivity contribution is -0.141. The molecule has 1 aromatic rings. The van der Waals surface area contributed by atoms with E-state index in [0.717, 1.165) is 38.8 Å². The first kappa shape index (κ1) is 17.3. The van der Waals surface area contributed by atoms with Crippen LogP contribution in [0.3, 0.4) is 0 Å². The molecule has 5 nitrogen and oxygen atoms in total. The van der Waals surface area contributed by atoms with Gasteiger partial charge in [-0.15, -0.1) is 0 Å². The Labute approximate surface area is 139 Å². The number of amides is 1. The predicted octanol–water partition coefficient (Wildman–Crippen LogP) is 2.42. The Balaban J connectivity index is 1.71. The highest BCUT2D eigenvalue weighted by molar-refractivity contribution is 5.74. The Morgan fingerprint density at radius 3 is 2.67 bits per heavy atom. The first-order valence-corrected chi connectivity index (χ1v) is 8.43. The van der Waals surface area contributed by atoms with Crippen LogP contribution in [-0.4, -0.2) is 56.6 Å². The van der Waals surface area contributed by atoms with Crippen LogP contribution in [0.2, 0.25) is 0 Å². The molecule has 0 N–H and O–H groups in total.